The molecule has 0 saturated heterocycles. The summed E-state index contributed by atoms with van der Waals surface area (Å²) in [7, 11) is -7.28. The third-order valence-electron chi connectivity index (χ3n) is 4.00. The number of aromatic carboxylic acids is 1. The number of aromatic nitrogens is 1. The fourth-order valence-corrected chi connectivity index (χ4v) is 4.56. The Morgan fingerprint density at radius 1 is 1.12 bits per heavy atom. The summed E-state index contributed by atoms with van der Waals surface area (Å²) in [5, 5.41) is 9.68. The number of nitrogens with one attached hydrogen (secondary N) is 1. The summed E-state index contributed by atoms with van der Waals surface area (Å²) in [5.41, 5.74) is 0.853. The van der Waals surface area contributed by atoms with Gasteiger partial charge < -0.3 is 5.11 Å². The Balaban J connectivity index is 2.92. The molecule has 2 N–H and O–H groups in total. The van der Waals surface area contributed by atoms with Crippen LogP contribution >= 0.6 is 0 Å². The lowest BCUT2D eigenvalue weighted by molar-refractivity contribution is 0.0698. The molecule has 0 saturated carbocycles. The molecule has 25 heavy (non-hydrogen) atoms. The van der Waals surface area contributed by atoms with Gasteiger partial charge in [0, 0.05) is 11.1 Å². The molecule has 0 aliphatic heterocycles. The van der Waals surface area contributed by atoms with E-state index in [2.05, 4.69) is 4.72 Å². The molecular formula is C15H20N2O6S2. The van der Waals surface area contributed by atoms with Crippen LogP contribution in [0.15, 0.2) is 12.1 Å². The molecule has 1 aromatic carbocycles. The molecule has 8 nitrogen and oxygen atoms in total. The van der Waals surface area contributed by atoms with Gasteiger partial charge in [0.1, 0.15) is 0 Å². The van der Waals surface area contributed by atoms with Crippen LogP contribution in [0.2, 0.25) is 0 Å². The summed E-state index contributed by atoms with van der Waals surface area (Å²) in [6, 6.07) is 2.85. The van der Waals surface area contributed by atoms with E-state index in [4.69, 9.17) is 0 Å². The van der Waals surface area contributed by atoms with Crippen LogP contribution in [0.1, 0.15) is 35.5 Å². The predicted molar refractivity (Wildman–Crippen MR) is 96.3 cm³/mol. The molecule has 0 fully saturated rings. The Bertz CT molecular complexity index is 1070. The Morgan fingerprint density at radius 2 is 1.72 bits per heavy atom. The van der Waals surface area contributed by atoms with Crippen LogP contribution in [-0.4, -0.2) is 43.4 Å². The third-order valence-corrected chi connectivity index (χ3v) is 7.05. The highest BCUT2D eigenvalue weighted by Crippen LogP contribution is 2.32. The summed E-state index contributed by atoms with van der Waals surface area (Å²) in [4.78, 5) is 11.7. The Morgan fingerprint density at radius 3 is 2.20 bits per heavy atom. The molecule has 1 heterocycles. The molecule has 0 unspecified atom stereocenters. The van der Waals surface area contributed by atoms with Crippen LogP contribution in [0.5, 0.6) is 0 Å². The average Bonchev–Trinajstić information content (AvgIpc) is 2.79. The zero-order valence-electron chi connectivity index (χ0n) is 14.3. The number of benzene rings is 1. The summed E-state index contributed by atoms with van der Waals surface area (Å²) in [6.45, 7) is 5.99. The first-order chi connectivity index (χ1) is 11.4. The Labute approximate surface area is 146 Å². The van der Waals surface area contributed by atoms with Gasteiger partial charge >= 0.3 is 5.97 Å². The smallest absolute Gasteiger partial charge is 0.338 e. The molecule has 0 spiro atoms. The van der Waals surface area contributed by atoms with Gasteiger partial charge in [-0.3, -0.25) is 4.72 Å². The summed E-state index contributed by atoms with van der Waals surface area (Å²) >= 11 is 0. The lowest BCUT2D eigenvalue weighted by Crippen LogP contribution is -2.17. The van der Waals surface area contributed by atoms with E-state index in [0.717, 1.165) is 3.97 Å². The average molecular weight is 388 g/mol. The molecule has 0 radical (unpaired) electrons. The van der Waals surface area contributed by atoms with E-state index in [-0.39, 0.29) is 39.4 Å². The number of carboxylic acid groups (broad SMARTS) is 1. The molecule has 0 amide bonds. The number of aryl methyl sites for hydroxylation is 1. The van der Waals surface area contributed by atoms with Crippen molar-refractivity contribution in [3.63, 3.8) is 0 Å². The lowest BCUT2D eigenvalue weighted by Gasteiger charge is -2.11. The van der Waals surface area contributed by atoms with Crippen LogP contribution in [0.3, 0.4) is 0 Å². The Hall–Kier alpha value is -2.07. The molecule has 0 atom stereocenters. The van der Waals surface area contributed by atoms with E-state index < -0.39 is 26.0 Å². The number of nitrogens with zero attached hydrogens (tertiary/aromatic N) is 1. The second-order valence-electron chi connectivity index (χ2n) is 5.62. The van der Waals surface area contributed by atoms with Crippen molar-refractivity contribution >= 4 is 42.6 Å². The van der Waals surface area contributed by atoms with Crippen molar-refractivity contribution in [1.82, 2.24) is 3.97 Å². The van der Waals surface area contributed by atoms with Crippen LogP contribution in [0, 0.1) is 13.8 Å². The number of fused-ring (bicyclic) bond motifs is 1. The first-order valence-corrected chi connectivity index (χ1v) is 10.8. The number of hydrogen-bond donors (Lipinski definition) is 2. The van der Waals surface area contributed by atoms with Gasteiger partial charge in [-0.15, -0.1) is 0 Å². The molecular weight excluding hydrogens is 368 g/mol. The van der Waals surface area contributed by atoms with Crippen molar-refractivity contribution < 1.29 is 26.7 Å². The fourth-order valence-electron chi connectivity index (χ4n) is 2.65. The van der Waals surface area contributed by atoms with Gasteiger partial charge in [-0.25, -0.2) is 25.6 Å². The molecule has 10 heteroatoms. The second kappa shape index (κ2) is 6.34. The zero-order valence-corrected chi connectivity index (χ0v) is 16.0. The summed E-state index contributed by atoms with van der Waals surface area (Å²) < 4.78 is 51.9. The minimum Gasteiger partial charge on any atom is -0.478 e. The summed E-state index contributed by atoms with van der Waals surface area (Å²) in [5.74, 6) is -1.61. The van der Waals surface area contributed by atoms with E-state index in [0.29, 0.717) is 5.56 Å². The maximum absolute atomic E-state index is 12.4. The van der Waals surface area contributed by atoms with Crippen molar-refractivity contribution in [1.29, 1.82) is 0 Å². The van der Waals surface area contributed by atoms with E-state index in [9.17, 15) is 26.7 Å². The van der Waals surface area contributed by atoms with E-state index in [1.807, 2.05) is 0 Å². The highest BCUT2D eigenvalue weighted by atomic mass is 32.2. The van der Waals surface area contributed by atoms with Crippen molar-refractivity contribution in [2.24, 2.45) is 0 Å². The number of anilines is 1. The van der Waals surface area contributed by atoms with E-state index >= 15 is 0 Å². The number of carboxylic acids is 1. The van der Waals surface area contributed by atoms with Gasteiger partial charge in [0.05, 0.1) is 28.3 Å². The van der Waals surface area contributed by atoms with Gasteiger partial charge in [-0.1, -0.05) is 0 Å². The molecule has 2 aromatic rings. The normalized spacial score (nSPS) is 12.5. The quantitative estimate of drug-likeness (QED) is 0.779. The molecule has 2 rings (SSSR count). The maximum atomic E-state index is 12.4. The van der Waals surface area contributed by atoms with E-state index in [1.165, 1.54) is 32.9 Å². The number of rotatable bonds is 6. The fraction of sp³-hybridized carbons (Fsp3) is 0.400. The minimum atomic E-state index is -3.72. The Kier molecular flexibility index (Phi) is 4.88. The number of carbonyl (C=O) groups is 1. The van der Waals surface area contributed by atoms with Crippen molar-refractivity contribution in [3.8, 4) is 0 Å². The highest BCUT2D eigenvalue weighted by Gasteiger charge is 2.26. The highest BCUT2D eigenvalue weighted by molar-refractivity contribution is 7.92. The van der Waals surface area contributed by atoms with Gasteiger partial charge in [0.25, 0.3) is 0 Å². The third kappa shape index (κ3) is 3.36. The summed E-state index contributed by atoms with van der Waals surface area (Å²) in [6.07, 6.45) is 0. The number of hydrogen-bond acceptors (Lipinski definition) is 5. The maximum Gasteiger partial charge on any atom is 0.338 e. The standard InChI is InChI=1S/C15H20N2O6S2/c1-5-24(20,21)16-12-8-11-13(7-9(12)3)17(25(22,23)6-2)10(4)14(11)15(18)19/h7-8,16H,5-6H2,1-4H3,(H,18,19). The molecule has 0 aliphatic rings. The molecule has 1 aromatic heterocycles. The van der Waals surface area contributed by atoms with Gasteiger partial charge in [0.2, 0.25) is 20.0 Å². The predicted octanol–water partition coefficient (Wildman–Crippen LogP) is 1.92. The van der Waals surface area contributed by atoms with Crippen LogP contribution in [0.4, 0.5) is 5.69 Å². The monoisotopic (exact) mass is 388 g/mol. The van der Waals surface area contributed by atoms with Gasteiger partial charge in [-0.05, 0) is 45.4 Å². The lowest BCUT2D eigenvalue weighted by atomic mass is 10.1. The van der Waals surface area contributed by atoms with Crippen molar-refractivity contribution in [3.05, 3.63) is 29.0 Å². The van der Waals surface area contributed by atoms with Crippen molar-refractivity contribution in [2.45, 2.75) is 27.7 Å². The van der Waals surface area contributed by atoms with E-state index in [1.54, 1.807) is 6.92 Å². The largest absolute Gasteiger partial charge is 0.478 e. The van der Waals surface area contributed by atoms with Crippen LogP contribution in [0.25, 0.3) is 10.9 Å². The van der Waals surface area contributed by atoms with Gasteiger partial charge in [0.15, 0.2) is 0 Å². The van der Waals surface area contributed by atoms with Crippen LogP contribution in [-0.2, 0) is 20.0 Å². The first-order valence-electron chi connectivity index (χ1n) is 7.57. The number of sulfonamides is 1. The van der Waals surface area contributed by atoms with Crippen LogP contribution < -0.4 is 4.72 Å². The second-order valence-corrected chi connectivity index (χ2v) is 9.74. The van der Waals surface area contributed by atoms with Gasteiger partial charge in [-0.2, -0.15) is 0 Å². The SMILES string of the molecule is CCS(=O)(=O)Nc1cc2c(C(=O)O)c(C)n(S(=O)(=O)CC)c2cc1C. The zero-order chi connectivity index (χ0) is 19.2. The topological polar surface area (TPSA) is 123 Å². The molecule has 0 aliphatic carbocycles. The minimum absolute atomic E-state index is 0.0826. The molecule has 0 bridgehead atoms. The first kappa shape index (κ1) is 19.3. The van der Waals surface area contributed by atoms with Crippen molar-refractivity contribution in [2.75, 3.05) is 16.2 Å². The molecule has 138 valence electrons.